The lowest BCUT2D eigenvalue weighted by molar-refractivity contribution is 0.467. The molecular formula is C10H13IO. The number of phenolic OH excluding ortho intramolecular Hbond substituents is 1. The molecule has 0 atom stereocenters. The molecule has 0 aliphatic carbocycles. The van der Waals surface area contributed by atoms with Crippen LogP contribution in [0.2, 0.25) is 0 Å². The van der Waals surface area contributed by atoms with Crippen LogP contribution in [-0.2, 0) is 0 Å². The number of phenols is 1. The second kappa shape index (κ2) is 3.64. The molecule has 0 spiro atoms. The molecule has 0 saturated carbocycles. The molecule has 1 aromatic rings. The Balaban J connectivity index is 3.21. The van der Waals surface area contributed by atoms with Gasteiger partial charge in [-0.3, -0.25) is 0 Å². The third-order valence-electron chi connectivity index (χ3n) is 1.94. The van der Waals surface area contributed by atoms with Gasteiger partial charge >= 0.3 is 0 Å². The average Bonchev–Trinajstić information content (AvgIpc) is 1.99. The number of benzene rings is 1. The first-order valence-corrected chi connectivity index (χ1v) is 5.09. The minimum Gasteiger partial charge on any atom is -0.507 e. The molecule has 0 aliphatic heterocycles. The van der Waals surface area contributed by atoms with E-state index in [-0.39, 0.29) is 0 Å². The number of hydrogen-bond acceptors (Lipinski definition) is 1. The van der Waals surface area contributed by atoms with E-state index >= 15 is 0 Å². The van der Waals surface area contributed by atoms with Gasteiger partial charge in [-0.25, -0.2) is 0 Å². The third-order valence-corrected chi connectivity index (χ3v) is 2.77. The van der Waals surface area contributed by atoms with Crippen molar-refractivity contribution in [1.82, 2.24) is 0 Å². The van der Waals surface area contributed by atoms with Crippen LogP contribution in [0, 0.1) is 10.5 Å². The molecule has 0 aliphatic rings. The Bertz CT molecular complexity index is 269. The number of aromatic hydroxyl groups is 1. The van der Waals surface area contributed by atoms with Gasteiger partial charge in [-0.2, -0.15) is 0 Å². The molecule has 0 bridgehead atoms. The van der Waals surface area contributed by atoms with E-state index in [2.05, 4.69) is 36.4 Å². The fraction of sp³-hybridized carbons (Fsp3) is 0.400. The fourth-order valence-electron chi connectivity index (χ4n) is 1.10. The molecule has 2 heteroatoms. The SMILES string of the molecule is Cc1cc(C(C)C)cc(I)c1O. The topological polar surface area (TPSA) is 20.2 Å². The molecule has 1 nitrogen and oxygen atoms in total. The van der Waals surface area contributed by atoms with Crippen LogP contribution in [0.5, 0.6) is 5.75 Å². The van der Waals surface area contributed by atoms with Crippen molar-refractivity contribution in [2.45, 2.75) is 26.7 Å². The van der Waals surface area contributed by atoms with Crippen LogP contribution in [0.25, 0.3) is 0 Å². The summed E-state index contributed by atoms with van der Waals surface area (Å²) in [5.74, 6) is 0.942. The Labute approximate surface area is 86.9 Å². The zero-order chi connectivity index (χ0) is 9.30. The monoisotopic (exact) mass is 276 g/mol. The summed E-state index contributed by atoms with van der Waals surface area (Å²) in [7, 11) is 0. The van der Waals surface area contributed by atoms with E-state index in [4.69, 9.17) is 0 Å². The second-order valence-corrected chi connectivity index (χ2v) is 4.49. The summed E-state index contributed by atoms with van der Waals surface area (Å²) < 4.78 is 0.941. The Morgan fingerprint density at radius 2 is 1.92 bits per heavy atom. The van der Waals surface area contributed by atoms with Crippen LogP contribution in [-0.4, -0.2) is 5.11 Å². The molecule has 66 valence electrons. The quantitative estimate of drug-likeness (QED) is 0.779. The molecule has 0 heterocycles. The van der Waals surface area contributed by atoms with Crippen LogP contribution in [0.4, 0.5) is 0 Å². The largest absolute Gasteiger partial charge is 0.507 e. The molecule has 0 aromatic heterocycles. The molecule has 0 saturated heterocycles. The highest BCUT2D eigenvalue weighted by atomic mass is 127. The standard InChI is InChI=1S/C10H13IO/c1-6(2)8-4-7(3)10(12)9(11)5-8/h4-6,12H,1-3H3. The van der Waals surface area contributed by atoms with Crippen LogP contribution in [0.3, 0.4) is 0 Å². The number of halogens is 1. The van der Waals surface area contributed by atoms with Crippen LogP contribution < -0.4 is 0 Å². The lowest BCUT2D eigenvalue weighted by Gasteiger charge is -2.09. The maximum absolute atomic E-state index is 9.51. The van der Waals surface area contributed by atoms with E-state index < -0.39 is 0 Å². The van der Waals surface area contributed by atoms with E-state index in [1.807, 2.05) is 19.1 Å². The summed E-state index contributed by atoms with van der Waals surface area (Å²) in [6, 6.07) is 4.08. The van der Waals surface area contributed by atoms with Crippen molar-refractivity contribution in [3.05, 3.63) is 26.8 Å². The molecule has 12 heavy (non-hydrogen) atoms. The van der Waals surface area contributed by atoms with Gasteiger partial charge in [0.2, 0.25) is 0 Å². The summed E-state index contributed by atoms with van der Waals surface area (Å²) in [5.41, 5.74) is 2.25. The van der Waals surface area contributed by atoms with E-state index in [1.165, 1.54) is 5.56 Å². The lowest BCUT2D eigenvalue weighted by atomic mass is 10.0. The van der Waals surface area contributed by atoms with Crippen LogP contribution in [0.1, 0.15) is 30.9 Å². The molecule has 0 unspecified atom stereocenters. The van der Waals surface area contributed by atoms with Gasteiger partial charge < -0.3 is 5.11 Å². The molecule has 1 aromatic carbocycles. The lowest BCUT2D eigenvalue weighted by Crippen LogP contribution is -1.90. The zero-order valence-electron chi connectivity index (χ0n) is 7.56. The summed E-state index contributed by atoms with van der Waals surface area (Å²) >= 11 is 2.16. The predicted molar refractivity (Wildman–Crippen MR) is 59.6 cm³/mol. The first-order chi connectivity index (χ1) is 5.52. The van der Waals surface area contributed by atoms with Crippen LogP contribution in [0.15, 0.2) is 12.1 Å². The first kappa shape index (κ1) is 9.84. The summed E-state index contributed by atoms with van der Waals surface area (Å²) in [6.45, 7) is 6.24. The van der Waals surface area contributed by atoms with Crippen molar-refractivity contribution in [3.63, 3.8) is 0 Å². The summed E-state index contributed by atoms with van der Waals surface area (Å²) in [5, 5.41) is 9.51. The summed E-state index contributed by atoms with van der Waals surface area (Å²) in [6.07, 6.45) is 0. The maximum atomic E-state index is 9.51. The Morgan fingerprint density at radius 1 is 1.33 bits per heavy atom. The van der Waals surface area contributed by atoms with E-state index in [1.54, 1.807) is 0 Å². The molecule has 0 radical (unpaired) electrons. The predicted octanol–water partition coefficient (Wildman–Crippen LogP) is 3.43. The highest BCUT2D eigenvalue weighted by Gasteiger charge is 2.06. The number of rotatable bonds is 1. The van der Waals surface area contributed by atoms with Crippen molar-refractivity contribution < 1.29 is 5.11 Å². The van der Waals surface area contributed by atoms with E-state index in [9.17, 15) is 5.11 Å². The van der Waals surface area contributed by atoms with Crippen molar-refractivity contribution >= 4 is 22.6 Å². The molecule has 0 fully saturated rings. The third kappa shape index (κ3) is 1.91. The smallest absolute Gasteiger partial charge is 0.131 e. The zero-order valence-corrected chi connectivity index (χ0v) is 9.71. The number of hydrogen-bond donors (Lipinski definition) is 1. The van der Waals surface area contributed by atoms with Crippen molar-refractivity contribution in [3.8, 4) is 5.75 Å². The Hall–Kier alpha value is -0.250. The minimum absolute atomic E-state index is 0.417. The van der Waals surface area contributed by atoms with E-state index in [0.29, 0.717) is 11.7 Å². The Kier molecular flexibility index (Phi) is 2.99. The van der Waals surface area contributed by atoms with Gasteiger partial charge in [-0.05, 0) is 52.6 Å². The highest BCUT2D eigenvalue weighted by Crippen LogP contribution is 2.28. The fourth-order valence-corrected chi connectivity index (χ4v) is 1.88. The molecule has 1 rings (SSSR count). The minimum atomic E-state index is 0.417. The van der Waals surface area contributed by atoms with Gasteiger partial charge in [0.1, 0.15) is 5.75 Å². The molecular weight excluding hydrogens is 263 g/mol. The van der Waals surface area contributed by atoms with Crippen LogP contribution >= 0.6 is 22.6 Å². The van der Waals surface area contributed by atoms with E-state index in [0.717, 1.165) is 9.13 Å². The second-order valence-electron chi connectivity index (χ2n) is 3.32. The van der Waals surface area contributed by atoms with Crippen molar-refractivity contribution in [1.29, 1.82) is 0 Å². The van der Waals surface area contributed by atoms with Gasteiger partial charge in [-0.1, -0.05) is 19.9 Å². The normalized spacial score (nSPS) is 10.8. The molecule has 1 N–H and O–H groups in total. The number of aryl methyl sites for hydroxylation is 1. The molecule has 0 amide bonds. The average molecular weight is 276 g/mol. The van der Waals surface area contributed by atoms with Gasteiger partial charge in [0.25, 0.3) is 0 Å². The maximum Gasteiger partial charge on any atom is 0.131 e. The van der Waals surface area contributed by atoms with Gasteiger partial charge in [0.15, 0.2) is 0 Å². The first-order valence-electron chi connectivity index (χ1n) is 4.01. The Morgan fingerprint density at radius 3 is 2.33 bits per heavy atom. The van der Waals surface area contributed by atoms with Crippen molar-refractivity contribution in [2.24, 2.45) is 0 Å². The highest BCUT2D eigenvalue weighted by molar-refractivity contribution is 14.1. The van der Waals surface area contributed by atoms with Gasteiger partial charge in [-0.15, -0.1) is 0 Å². The van der Waals surface area contributed by atoms with Gasteiger partial charge in [0, 0.05) is 0 Å². The van der Waals surface area contributed by atoms with Gasteiger partial charge in [0.05, 0.1) is 3.57 Å². The summed E-state index contributed by atoms with van der Waals surface area (Å²) in [4.78, 5) is 0. The van der Waals surface area contributed by atoms with Crippen molar-refractivity contribution in [2.75, 3.05) is 0 Å².